The Morgan fingerprint density at radius 3 is 2.62 bits per heavy atom. The smallest absolute Gasteiger partial charge is 0.408 e. The Morgan fingerprint density at radius 2 is 2.19 bits per heavy atom. The van der Waals surface area contributed by atoms with Crippen LogP contribution in [0.4, 0.5) is 4.79 Å². The number of carbonyl (C=O) groups is 1. The number of ether oxygens (including phenoxy) is 1. The summed E-state index contributed by atoms with van der Waals surface area (Å²) in [5.74, 6) is 0. The van der Waals surface area contributed by atoms with Crippen molar-refractivity contribution in [3.63, 3.8) is 0 Å². The van der Waals surface area contributed by atoms with E-state index in [1.54, 1.807) is 11.3 Å². The molecule has 0 unspecified atom stereocenters. The highest BCUT2D eigenvalue weighted by molar-refractivity contribution is 9.10. The van der Waals surface area contributed by atoms with Crippen molar-refractivity contribution >= 4 is 33.4 Å². The van der Waals surface area contributed by atoms with E-state index in [0.29, 0.717) is 0 Å². The molecule has 5 heteroatoms. The molecule has 0 aromatic carbocycles. The highest BCUT2D eigenvalue weighted by Crippen LogP contribution is 2.25. The molecule has 0 saturated heterocycles. The molecule has 0 radical (unpaired) electrons. The van der Waals surface area contributed by atoms with E-state index in [1.165, 1.54) is 0 Å². The Balaban J connectivity index is 2.52. The predicted octanol–water partition coefficient (Wildman–Crippen LogP) is 4.10. The van der Waals surface area contributed by atoms with Gasteiger partial charge in [-0.25, -0.2) is 4.79 Å². The van der Waals surface area contributed by atoms with Crippen LogP contribution in [-0.2, 0) is 4.74 Å². The quantitative estimate of drug-likeness (QED) is 0.893. The van der Waals surface area contributed by atoms with E-state index in [0.717, 1.165) is 9.35 Å². The third-order valence-electron chi connectivity index (χ3n) is 1.75. The fraction of sp³-hybridized carbons (Fsp3) is 0.545. The van der Waals surface area contributed by atoms with Crippen molar-refractivity contribution in [1.29, 1.82) is 0 Å². The van der Waals surface area contributed by atoms with Gasteiger partial charge in [-0.05, 0) is 49.7 Å². The average molecular weight is 306 g/mol. The first-order chi connectivity index (χ1) is 7.28. The van der Waals surface area contributed by atoms with Crippen molar-refractivity contribution in [3.05, 3.63) is 20.8 Å². The Morgan fingerprint density at radius 1 is 1.56 bits per heavy atom. The van der Waals surface area contributed by atoms with Gasteiger partial charge < -0.3 is 10.1 Å². The Labute approximate surface area is 108 Å². The molecule has 1 aromatic rings. The Hall–Kier alpha value is -0.550. The first-order valence-electron chi connectivity index (χ1n) is 5.01. The Kier molecular flexibility index (Phi) is 4.38. The molecule has 0 bridgehead atoms. The number of hydrogen-bond acceptors (Lipinski definition) is 3. The third kappa shape index (κ3) is 4.53. The number of alkyl carbamates (subject to hydrolysis) is 1. The van der Waals surface area contributed by atoms with E-state index >= 15 is 0 Å². The fourth-order valence-corrected chi connectivity index (χ4v) is 2.56. The van der Waals surface area contributed by atoms with Crippen molar-refractivity contribution in [1.82, 2.24) is 5.32 Å². The molecule has 0 aliphatic carbocycles. The zero-order valence-electron chi connectivity index (χ0n) is 9.83. The van der Waals surface area contributed by atoms with Crippen LogP contribution < -0.4 is 5.32 Å². The van der Waals surface area contributed by atoms with Crippen molar-refractivity contribution in [2.75, 3.05) is 0 Å². The number of carbonyl (C=O) groups excluding carboxylic acids is 1. The van der Waals surface area contributed by atoms with Crippen LogP contribution in [0.2, 0.25) is 0 Å². The summed E-state index contributed by atoms with van der Waals surface area (Å²) in [5.41, 5.74) is -0.458. The third-order valence-corrected chi connectivity index (χ3v) is 3.62. The fourth-order valence-electron chi connectivity index (χ4n) is 1.11. The van der Waals surface area contributed by atoms with Gasteiger partial charge in [0.1, 0.15) is 5.60 Å². The van der Waals surface area contributed by atoms with Gasteiger partial charge in [-0.15, -0.1) is 11.3 Å². The van der Waals surface area contributed by atoms with Gasteiger partial charge >= 0.3 is 6.09 Å². The van der Waals surface area contributed by atoms with E-state index in [9.17, 15) is 4.79 Å². The molecule has 1 aromatic heterocycles. The SMILES string of the molecule is C[C@@H](NC(=O)OC(C)(C)C)c1cc(Br)cs1. The van der Waals surface area contributed by atoms with E-state index < -0.39 is 5.60 Å². The molecule has 90 valence electrons. The lowest BCUT2D eigenvalue weighted by Gasteiger charge is -2.21. The van der Waals surface area contributed by atoms with Crippen molar-refractivity contribution in [2.24, 2.45) is 0 Å². The molecular weight excluding hydrogens is 290 g/mol. The van der Waals surface area contributed by atoms with Crippen LogP contribution in [0.1, 0.15) is 38.6 Å². The summed E-state index contributed by atoms with van der Waals surface area (Å²) in [4.78, 5) is 12.6. The van der Waals surface area contributed by atoms with Gasteiger partial charge in [-0.1, -0.05) is 0 Å². The lowest BCUT2D eigenvalue weighted by molar-refractivity contribution is 0.0509. The number of thiophene rings is 1. The molecule has 1 heterocycles. The number of nitrogens with one attached hydrogen (secondary N) is 1. The van der Waals surface area contributed by atoms with Crippen LogP contribution >= 0.6 is 27.3 Å². The molecule has 1 N–H and O–H groups in total. The maximum Gasteiger partial charge on any atom is 0.408 e. The van der Waals surface area contributed by atoms with Gasteiger partial charge in [0.05, 0.1) is 6.04 Å². The summed E-state index contributed by atoms with van der Waals surface area (Å²) in [6, 6.07) is 1.96. The van der Waals surface area contributed by atoms with Gasteiger partial charge in [-0.3, -0.25) is 0 Å². The summed E-state index contributed by atoms with van der Waals surface area (Å²) in [7, 11) is 0. The minimum atomic E-state index is -0.458. The normalized spacial score (nSPS) is 13.3. The second-order valence-electron chi connectivity index (χ2n) is 4.54. The predicted molar refractivity (Wildman–Crippen MR) is 69.8 cm³/mol. The van der Waals surface area contributed by atoms with Gasteiger partial charge in [0.15, 0.2) is 0 Å². The minimum Gasteiger partial charge on any atom is -0.444 e. The molecular formula is C11H16BrNO2S. The number of halogens is 1. The number of amides is 1. The van der Waals surface area contributed by atoms with Crippen molar-refractivity contribution in [3.8, 4) is 0 Å². The van der Waals surface area contributed by atoms with Gasteiger partial charge in [0.25, 0.3) is 0 Å². The van der Waals surface area contributed by atoms with E-state index in [2.05, 4.69) is 21.2 Å². The molecule has 0 fully saturated rings. The maximum atomic E-state index is 11.5. The standard InChI is InChI=1S/C11H16BrNO2S/c1-7(9-5-8(12)6-16-9)13-10(14)15-11(2,3)4/h5-7H,1-4H3,(H,13,14)/t7-/m1/s1. The van der Waals surface area contributed by atoms with Crippen LogP contribution in [0.15, 0.2) is 15.9 Å². The average Bonchev–Trinajstić information content (AvgIpc) is 2.47. The second kappa shape index (κ2) is 5.19. The van der Waals surface area contributed by atoms with E-state index in [-0.39, 0.29) is 12.1 Å². The van der Waals surface area contributed by atoms with Crippen LogP contribution in [0.3, 0.4) is 0 Å². The molecule has 1 atom stereocenters. The molecule has 3 nitrogen and oxygen atoms in total. The maximum absolute atomic E-state index is 11.5. The first-order valence-corrected chi connectivity index (χ1v) is 6.68. The van der Waals surface area contributed by atoms with Crippen LogP contribution in [0, 0.1) is 0 Å². The molecule has 1 rings (SSSR count). The summed E-state index contributed by atoms with van der Waals surface area (Å²) in [5, 5.41) is 4.78. The lowest BCUT2D eigenvalue weighted by Crippen LogP contribution is -2.33. The minimum absolute atomic E-state index is 0.0360. The summed E-state index contributed by atoms with van der Waals surface area (Å²) in [6.07, 6.45) is -0.385. The summed E-state index contributed by atoms with van der Waals surface area (Å²) < 4.78 is 6.21. The van der Waals surface area contributed by atoms with Crippen LogP contribution in [0.25, 0.3) is 0 Å². The number of rotatable bonds is 2. The van der Waals surface area contributed by atoms with Crippen molar-refractivity contribution < 1.29 is 9.53 Å². The molecule has 16 heavy (non-hydrogen) atoms. The number of hydrogen-bond donors (Lipinski definition) is 1. The molecule has 0 spiro atoms. The summed E-state index contributed by atoms with van der Waals surface area (Å²) >= 11 is 4.98. The van der Waals surface area contributed by atoms with E-state index in [1.807, 2.05) is 39.1 Å². The Bertz CT molecular complexity index is 370. The van der Waals surface area contributed by atoms with Crippen molar-refractivity contribution in [2.45, 2.75) is 39.3 Å². The van der Waals surface area contributed by atoms with Gasteiger partial charge in [0, 0.05) is 14.7 Å². The largest absolute Gasteiger partial charge is 0.444 e. The summed E-state index contributed by atoms with van der Waals surface area (Å²) in [6.45, 7) is 7.47. The highest BCUT2D eigenvalue weighted by Gasteiger charge is 2.18. The second-order valence-corrected chi connectivity index (χ2v) is 6.39. The molecule has 1 amide bonds. The van der Waals surface area contributed by atoms with Gasteiger partial charge in [-0.2, -0.15) is 0 Å². The zero-order valence-corrected chi connectivity index (χ0v) is 12.2. The first kappa shape index (κ1) is 13.5. The molecule has 0 aliphatic rings. The molecule has 0 aliphatic heterocycles. The monoisotopic (exact) mass is 305 g/mol. The van der Waals surface area contributed by atoms with Gasteiger partial charge in [0.2, 0.25) is 0 Å². The van der Waals surface area contributed by atoms with Crippen LogP contribution in [-0.4, -0.2) is 11.7 Å². The highest BCUT2D eigenvalue weighted by atomic mass is 79.9. The molecule has 0 saturated carbocycles. The lowest BCUT2D eigenvalue weighted by atomic mass is 10.2. The van der Waals surface area contributed by atoms with E-state index in [4.69, 9.17) is 4.74 Å². The topological polar surface area (TPSA) is 38.3 Å². The van der Waals surface area contributed by atoms with Crippen LogP contribution in [0.5, 0.6) is 0 Å². The zero-order chi connectivity index (χ0) is 12.3.